The summed E-state index contributed by atoms with van der Waals surface area (Å²) >= 11 is 13.1. The molecule has 3 aromatic carbocycles. The Kier molecular flexibility index (Phi) is 5.83. The quantitative estimate of drug-likeness (QED) is 0.321. The molecule has 3 aromatic rings. The van der Waals surface area contributed by atoms with E-state index in [4.69, 9.17) is 23.8 Å². The van der Waals surface area contributed by atoms with Crippen molar-refractivity contribution in [2.75, 3.05) is 4.90 Å². The molecule has 2 amide bonds. The first-order chi connectivity index (χ1) is 16.0. The Morgan fingerprint density at radius 2 is 1.58 bits per heavy atom. The maximum absolute atomic E-state index is 13.7. The van der Waals surface area contributed by atoms with Gasteiger partial charge < -0.3 is 4.90 Å². The summed E-state index contributed by atoms with van der Waals surface area (Å²) in [6, 6.07) is 24.5. The van der Waals surface area contributed by atoms with E-state index in [1.54, 1.807) is 15.9 Å². The molecule has 33 heavy (non-hydrogen) atoms. The molecule has 0 N–H and O–H groups in total. The fraction of sp³-hybridized carbons (Fsp3) is 0.115. The third kappa shape index (κ3) is 3.78. The molecule has 1 atom stereocenters. The van der Waals surface area contributed by atoms with E-state index in [2.05, 4.69) is 0 Å². The van der Waals surface area contributed by atoms with Crippen LogP contribution in [0, 0.1) is 0 Å². The van der Waals surface area contributed by atoms with Crippen LogP contribution in [0.5, 0.6) is 0 Å². The van der Waals surface area contributed by atoms with Crippen LogP contribution < -0.4 is 4.90 Å². The maximum atomic E-state index is 13.7. The van der Waals surface area contributed by atoms with E-state index < -0.39 is 0 Å². The lowest BCUT2D eigenvalue weighted by Gasteiger charge is -2.23. The molecule has 4 nitrogen and oxygen atoms in total. The fourth-order valence-electron chi connectivity index (χ4n) is 4.20. The minimum Gasteiger partial charge on any atom is -0.303 e. The molecule has 1 fully saturated rings. The van der Waals surface area contributed by atoms with Crippen LogP contribution in [0.2, 0.25) is 5.02 Å². The Labute approximate surface area is 206 Å². The first-order valence-corrected chi connectivity index (χ1v) is 12.1. The van der Waals surface area contributed by atoms with Crippen LogP contribution >= 0.6 is 35.6 Å². The van der Waals surface area contributed by atoms with Gasteiger partial charge in [0, 0.05) is 10.6 Å². The number of hydrogen-bond donors (Lipinski definition) is 0. The molecule has 0 radical (unpaired) electrons. The zero-order valence-corrected chi connectivity index (χ0v) is 20.1. The van der Waals surface area contributed by atoms with Crippen molar-refractivity contribution in [1.82, 2.24) is 4.90 Å². The van der Waals surface area contributed by atoms with E-state index >= 15 is 0 Å². The highest BCUT2D eigenvalue weighted by molar-refractivity contribution is 8.26. The van der Waals surface area contributed by atoms with Crippen molar-refractivity contribution < 1.29 is 9.59 Å². The minimum atomic E-state index is -0.237. The number of fused-ring (bicyclic) bond motifs is 1. The average molecular weight is 491 g/mol. The molecule has 0 saturated carbocycles. The lowest BCUT2D eigenvalue weighted by atomic mass is 10.1. The van der Waals surface area contributed by atoms with E-state index in [0.29, 0.717) is 26.4 Å². The summed E-state index contributed by atoms with van der Waals surface area (Å²) in [4.78, 5) is 30.9. The molecule has 2 heterocycles. The number of thiocarbonyl (C=S) groups is 1. The zero-order valence-electron chi connectivity index (χ0n) is 17.7. The summed E-state index contributed by atoms with van der Waals surface area (Å²) < 4.78 is 0.452. The summed E-state index contributed by atoms with van der Waals surface area (Å²) in [7, 11) is 0. The van der Waals surface area contributed by atoms with E-state index in [0.717, 1.165) is 22.4 Å². The van der Waals surface area contributed by atoms with Gasteiger partial charge in [0.1, 0.15) is 4.32 Å². The highest BCUT2D eigenvalue weighted by Gasteiger charge is 2.43. The molecule has 2 aliphatic rings. The molecular formula is C26H19ClN2O2S2. The number of benzene rings is 3. The number of nitrogens with zero attached hydrogens (tertiary/aromatic N) is 2. The Morgan fingerprint density at radius 1 is 0.909 bits per heavy atom. The number of amides is 2. The summed E-state index contributed by atoms with van der Waals surface area (Å²) in [5.41, 5.74) is 3.73. The normalized spacial score (nSPS) is 18.8. The Morgan fingerprint density at radius 3 is 2.33 bits per heavy atom. The Bertz CT molecular complexity index is 1320. The lowest BCUT2D eigenvalue weighted by molar-refractivity contribution is -0.123. The largest absolute Gasteiger partial charge is 0.303 e. The predicted molar refractivity (Wildman–Crippen MR) is 138 cm³/mol. The molecule has 1 unspecified atom stereocenters. The van der Waals surface area contributed by atoms with Crippen LogP contribution in [0.25, 0.3) is 5.57 Å². The van der Waals surface area contributed by atoms with Crippen molar-refractivity contribution in [2.45, 2.75) is 19.5 Å². The van der Waals surface area contributed by atoms with Crippen LogP contribution in [0.3, 0.4) is 0 Å². The number of carbonyl (C=O) groups excluding carboxylic acids is 2. The number of hydrogen-bond acceptors (Lipinski definition) is 4. The monoisotopic (exact) mass is 490 g/mol. The third-order valence-electron chi connectivity index (χ3n) is 5.90. The molecule has 164 valence electrons. The molecule has 0 aliphatic carbocycles. The van der Waals surface area contributed by atoms with Gasteiger partial charge in [-0.2, -0.15) is 0 Å². The number of carbonyl (C=O) groups is 2. The Balaban J connectivity index is 1.55. The summed E-state index contributed by atoms with van der Waals surface area (Å²) in [6.07, 6.45) is 0. The van der Waals surface area contributed by atoms with Crippen molar-refractivity contribution in [2.24, 2.45) is 0 Å². The minimum absolute atomic E-state index is 0.219. The van der Waals surface area contributed by atoms with Gasteiger partial charge in [0.05, 0.1) is 28.8 Å². The summed E-state index contributed by atoms with van der Waals surface area (Å²) in [5, 5.41) is 0.597. The van der Waals surface area contributed by atoms with Crippen LogP contribution in [-0.2, 0) is 16.1 Å². The standard InChI is InChI=1S/C26H19ClN2O2S2/c1-16(17-9-3-2-4-10-17)29-25(31)23(33-26(29)32)22-19-12-6-8-14-21(19)28(24(22)30)15-18-11-5-7-13-20(18)27/h2-14,16H,15H2,1H3/b23-22+. The molecule has 1 saturated heterocycles. The molecule has 0 bridgehead atoms. The second-order valence-corrected chi connectivity index (χ2v) is 9.89. The second-order valence-electron chi connectivity index (χ2n) is 7.83. The van der Waals surface area contributed by atoms with Gasteiger partial charge >= 0.3 is 0 Å². The van der Waals surface area contributed by atoms with Gasteiger partial charge in [-0.15, -0.1) is 0 Å². The summed E-state index contributed by atoms with van der Waals surface area (Å²) in [5.74, 6) is -0.455. The fourth-order valence-corrected chi connectivity index (χ4v) is 5.88. The van der Waals surface area contributed by atoms with Gasteiger partial charge in [0.15, 0.2) is 0 Å². The highest BCUT2D eigenvalue weighted by atomic mass is 35.5. The van der Waals surface area contributed by atoms with E-state index in [1.807, 2.05) is 79.7 Å². The van der Waals surface area contributed by atoms with Crippen molar-refractivity contribution in [3.8, 4) is 0 Å². The lowest BCUT2D eigenvalue weighted by Crippen LogP contribution is -2.31. The van der Waals surface area contributed by atoms with Gasteiger partial charge in [-0.1, -0.05) is 102 Å². The highest BCUT2D eigenvalue weighted by Crippen LogP contribution is 2.46. The van der Waals surface area contributed by atoms with Crippen LogP contribution in [-0.4, -0.2) is 21.0 Å². The van der Waals surface area contributed by atoms with Gasteiger partial charge in [0.25, 0.3) is 11.8 Å². The van der Waals surface area contributed by atoms with Crippen molar-refractivity contribution >= 4 is 63.0 Å². The van der Waals surface area contributed by atoms with Crippen LogP contribution in [0.15, 0.2) is 83.8 Å². The van der Waals surface area contributed by atoms with E-state index in [1.165, 1.54) is 11.8 Å². The number of halogens is 1. The molecule has 5 rings (SSSR count). The van der Waals surface area contributed by atoms with Gasteiger partial charge in [-0.3, -0.25) is 14.5 Å². The maximum Gasteiger partial charge on any atom is 0.267 e. The topological polar surface area (TPSA) is 40.6 Å². The van der Waals surface area contributed by atoms with Gasteiger partial charge in [-0.05, 0) is 30.2 Å². The predicted octanol–water partition coefficient (Wildman–Crippen LogP) is 6.22. The number of para-hydroxylation sites is 1. The average Bonchev–Trinajstić information content (AvgIpc) is 3.27. The third-order valence-corrected chi connectivity index (χ3v) is 7.67. The molecule has 2 aliphatic heterocycles. The first kappa shape index (κ1) is 21.9. The molecular weight excluding hydrogens is 472 g/mol. The van der Waals surface area contributed by atoms with Crippen LogP contribution in [0.4, 0.5) is 5.69 Å². The van der Waals surface area contributed by atoms with Gasteiger partial charge in [0.2, 0.25) is 0 Å². The smallest absolute Gasteiger partial charge is 0.267 e. The molecule has 0 spiro atoms. The van der Waals surface area contributed by atoms with Crippen molar-refractivity contribution in [3.05, 3.63) is 105 Å². The molecule has 7 heteroatoms. The summed E-state index contributed by atoms with van der Waals surface area (Å²) in [6.45, 7) is 2.27. The number of rotatable bonds is 4. The SMILES string of the molecule is CC(c1ccccc1)N1C(=O)/C(=C2\C(=O)N(Cc3ccccc3Cl)c3ccccc32)SC1=S. The van der Waals surface area contributed by atoms with Gasteiger partial charge in [-0.25, -0.2) is 0 Å². The zero-order chi connectivity index (χ0) is 23.1. The van der Waals surface area contributed by atoms with Crippen LogP contribution in [0.1, 0.15) is 29.7 Å². The van der Waals surface area contributed by atoms with E-state index in [-0.39, 0.29) is 17.9 Å². The second kappa shape index (κ2) is 8.78. The number of anilines is 1. The van der Waals surface area contributed by atoms with Crippen molar-refractivity contribution in [1.29, 1.82) is 0 Å². The Hall–Kier alpha value is -2.93. The molecule has 0 aromatic heterocycles. The first-order valence-electron chi connectivity index (χ1n) is 10.5. The van der Waals surface area contributed by atoms with Crippen molar-refractivity contribution in [3.63, 3.8) is 0 Å². The number of thioether (sulfide) groups is 1. The van der Waals surface area contributed by atoms with E-state index in [9.17, 15) is 9.59 Å².